The second-order valence-corrected chi connectivity index (χ2v) is 11.6. The number of likely N-dealkylation sites (tertiary alicyclic amines) is 1. The van der Waals surface area contributed by atoms with Gasteiger partial charge < -0.3 is 19.6 Å². The Kier molecular flexibility index (Phi) is 9.16. The summed E-state index contributed by atoms with van der Waals surface area (Å²) < 4.78 is 20.2. The first-order chi connectivity index (χ1) is 20.2. The van der Waals surface area contributed by atoms with Crippen LogP contribution in [0.1, 0.15) is 48.6 Å². The van der Waals surface area contributed by atoms with Crippen molar-refractivity contribution in [2.75, 3.05) is 13.1 Å². The van der Waals surface area contributed by atoms with E-state index in [1.54, 1.807) is 41.3 Å². The van der Waals surface area contributed by atoms with Crippen LogP contribution in [0.2, 0.25) is 10.0 Å². The van der Waals surface area contributed by atoms with Crippen molar-refractivity contribution in [3.05, 3.63) is 105 Å². The lowest BCUT2D eigenvalue weighted by Gasteiger charge is -2.49. The molecule has 1 N–H and O–H groups in total. The molecular formula is C32H31Cl2FN2O5. The smallest absolute Gasteiger partial charge is 0.310 e. The van der Waals surface area contributed by atoms with Crippen LogP contribution in [-0.4, -0.2) is 57.9 Å². The van der Waals surface area contributed by atoms with E-state index >= 15 is 0 Å². The zero-order chi connectivity index (χ0) is 30.0. The number of halogens is 3. The van der Waals surface area contributed by atoms with E-state index in [0.717, 1.165) is 11.1 Å². The lowest BCUT2D eigenvalue weighted by Crippen LogP contribution is -2.63. The van der Waals surface area contributed by atoms with Crippen LogP contribution in [0.5, 0.6) is 0 Å². The van der Waals surface area contributed by atoms with Gasteiger partial charge in [-0.25, -0.2) is 4.39 Å². The Bertz CT molecular complexity index is 1430. The van der Waals surface area contributed by atoms with E-state index in [4.69, 9.17) is 27.9 Å². The van der Waals surface area contributed by atoms with Gasteiger partial charge in [-0.1, -0.05) is 72.9 Å². The maximum absolute atomic E-state index is 14.4. The van der Waals surface area contributed by atoms with Crippen molar-refractivity contribution in [2.45, 2.75) is 50.5 Å². The fourth-order valence-corrected chi connectivity index (χ4v) is 5.92. The predicted molar refractivity (Wildman–Crippen MR) is 157 cm³/mol. The molecule has 4 atom stereocenters. The van der Waals surface area contributed by atoms with Gasteiger partial charge in [0.05, 0.1) is 12.0 Å². The molecular weight excluding hydrogens is 582 g/mol. The van der Waals surface area contributed by atoms with Crippen LogP contribution >= 0.6 is 23.2 Å². The molecule has 0 saturated carbocycles. The Hall–Kier alpha value is -3.46. The minimum atomic E-state index is -0.963. The van der Waals surface area contributed by atoms with Crippen LogP contribution < -0.4 is 0 Å². The minimum absolute atomic E-state index is 0.0954. The molecule has 5 rings (SSSR count). The van der Waals surface area contributed by atoms with Crippen molar-refractivity contribution in [3.63, 3.8) is 0 Å². The molecule has 3 aromatic carbocycles. The molecule has 0 aromatic heterocycles. The summed E-state index contributed by atoms with van der Waals surface area (Å²) in [6, 6.07) is 18.6. The highest BCUT2D eigenvalue weighted by Crippen LogP contribution is 2.45. The standard InChI is InChI=1S/C32H31Cl2FN2O5/c1-2-3-26(30(38)36-17-22(18-36)32(40)41)37-28(20-6-10-23(33)11-7-20)29(21-8-12-24(34)13-9-21)42-27(31(37)39)16-19-4-14-25(35)15-5-19/h4-15,22,26-29H,2-3,16-18H2,1H3,(H,40,41)/t26?,27-,28+,29-/m0/s1. The lowest BCUT2D eigenvalue weighted by atomic mass is 9.88. The molecule has 0 aliphatic carbocycles. The highest BCUT2D eigenvalue weighted by molar-refractivity contribution is 6.30. The van der Waals surface area contributed by atoms with Gasteiger partial charge in [0.25, 0.3) is 5.91 Å². The maximum Gasteiger partial charge on any atom is 0.310 e. The summed E-state index contributed by atoms with van der Waals surface area (Å²) in [5.41, 5.74) is 2.20. The molecule has 2 fully saturated rings. The number of hydrogen-bond donors (Lipinski definition) is 1. The topological polar surface area (TPSA) is 87.2 Å². The van der Waals surface area contributed by atoms with E-state index in [2.05, 4.69) is 0 Å². The second kappa shape index (κ2) is 12.8. The van der Waals surface area contributed by atoms with E-state index in [0.29, 0.717) is 28.5 Å². The number of aliphatic carboxylic acids is 1. The molecule has 0 spiro atoms. The van der Waals surface area contributed by atoms with Crippen molar-refractivity contribution in [2.24, 2.45) is 5.92 Å². The molecule has 3 aromatic rings. The molecule has 2 saturated heterocycles. The summed E-state index contributed by atoms with van der Waals surface area (Å²) in [6.45, 7) is 2.13. The van der Waals surface area contributed by atoms with E-state index in [1.807, 2.05) is 31.2 Å². The fourth-order valence-electron chi connectivity index (χ4n) is 5.67. The third kappa shape index (κ3) is 6.31. The summed E-state index contributed by atoms with van der Waals surface area (Å²) in [7, 11) is 0. The Morgan fingerprint density at radius 2 is 1.52 bits per heavy atom. The second-order valence-electron chi connectivity index (χ2n) is 10.8. The first kappa shape index (κ1) is 30.0. The van der Waals surface area contributed by atoms with Crippen molar-refractivity contribution in [1.82, 2.24) is 9.80 Å². The average molecular weight is 614 g/mol. The number of carbonyl (C=O) groups is 3. The number of rotatable bonds is 9. The van der Waals surface area contributed by atoms with Gasteiger partial charge in [-0.05, 0) is 59.5 Å². The number of ether oxygens (including phenoxy) is 1. The van der Waals surface area contributed by atoms with E-state index in [9.17, 15) is 23.9 Å². The molecule has 42 heavy (non-hydrogen) atoms. The Balaban J connectivity index is 1.60. The van der Waals surface area contributed by atoms with Gasteiger partial charge in [0.2, 0.25) is 5.91 Å². The monoisotopic (exact) mass is 612 g/mol. The van der Waals surface area contributed by atoms with E-state index in [-0.39, 0.29) is 37.1 Å². The number of benzene rings is 3. The number of carboxylic acid groups (broad SMARTS) is 1. The van der Waals surface area contributed by atoms with E-state index < -0.39 is 36.2 Å². The molecule has 220 valence electrons. The van der Waals surface area contributed by atoms with Crippen LogP contribution in [0.3, 0.4) is 0 Å². The fraction of sp³-hybridized carbons (Fsp3) is 0.344. The zero-order valence-electron chi connectivity index (χ0n) is 23.0. The number of carbonyl (C=O) groups excluding carboxylic acids is 2. The Morgan fingerprint density at radius 3 is 2.07 bits per heavy atom. The number of morpholine rings is 1. The van der Waals surface area contributed by atoms with Crippen molar-refractivity contribution < 1.29 is 28.6 Å². The first-order valence-corrected chi connectivity index (χ1v) is 14.7. The van der Waals surface area contributed by atoms with E-state index in [1.165, 1.54) is 17.0 Å². The van der Waals surface area contributed by atoms with Gasteiger partial charge in [0, 0.05) is 29.6 Å². The summed E-state index contributed by atoms with van der Waals surface area (Å²) in [4.78, 5) is 43.0. The third-order valence-electron chi connectivity index (χ3n) is 7.90. The predicted octanol–water partition coefficient (Wildman–Crippen LogP) is 6.10. The summed E-state index contributed by atoms with van der Waals surface area (Å²) in [5.74, 6) is -2.63. The molecule has 2 aliphatic rings. The molecule has 0 bridgehead atoms. The quantitative estimate of drug-likeness (QED) is 0.316. The molecule has 2 amide bonds. The van der Waals surface area contributed by atoms with Crippen LogP contribution in [0.4, 0.5) is 4.39 Å². The third-order valence-corrected chi connectivity index (χ3v) is 8.40. The van der Waals surface area contributed by atoms with Crippen LogP contribution in [0.25, 0.3) is 0 Å². The minimum Gasteiger partial charge on any atom is -0.481 e. The van der Waals surface area contributed by atoms with Crippen molar-refractivity contribution >= 4 is 41.0 Å². The number of hydrogen-bond acceptors (Lipinski definition) is 4. The average Bonchev–Trinajstić information content (AvgIpc) is 2.94. The molecule has 1 unspecified atom stereocenters. The lowest BCUT2D eigenvalue weighted by molar-refractivity contribution is -0.185. The number of nitrogens with zero attached hydrogens (tertiary/aromatic N) is 2. The number of amides is 2. The maximum atomic E-state index is 14.4. The Morgan fingerprint density at radius 1 is 0.952 bits per heavy atom. The number of carboxylic acids is 1. The van der Waals surface area contributed by atoms with Gasteiger partial charge in [-0.2, -0.15) is 0 Å². The largest absolute Gasteiger partial charge is 0.481 e. The van der Waals surface area contributed by atoms with Crippen LogP contribution in [0.15, 0.2) is 72.8 Å². The molecule has 2 heterocycles. The Labute approximate surface area is 253 Å². The molecule has 0 radical (unpaired) electrons. The highest BCUT2D eigenvalue weighted by atomic mass is 35.5. The van der Waals surface area contributed by atoms with Crippen molar-refractivity contribution in [1.29, 1.82) is 0 Å². The van der Waals surface area contributed by atoms with Gasteiger partial charge in [0.1, 0.15) is 24.1 Å². The normalized spacial score (nSPS) is 21.6. The zero-order valence-corrected chi connectivity index (χ0v) is 24.5. The highest BCUT2D eigenvalue weighted by Gasteiger charge is 2.50. The molecule has 2 aliphatic heterocycles. The summed E-state index contributed by atoms with van der Waals surface area (Å²) in [5, 5.41) is 10.4. The van der Waals surface area contributed by atoms with Gasteiger partial charge in [-0.3, -0.25) is 14.4 Å². The summed E-state index contributed by atoms with van der Waals surface area (Å²) in [6.07, 6.45) is -0.486. The van der Waals surface area contributed by atoms with Crippen molar-refractivity contribution in [3.8, 4) is 0 Å². The van der Waals surface area contributed by atoms with Crippen LogP contribution in [0, 0.1) is 11.7 Å². The van der Waals surface area contributed by atoms with Gasteiger partial charge in [0.15, 0.2) is 0 Å². The SMILES string of the molecule is CCCC(C(=O)N1CC(C(=O)O)C1)N1C(=O)[C@H](Cc2ccc(F)cc2)O[C@@H](c2ccc(Cl)cc2)[C@H]1c1ccc(Cl)cc1. The van der Waals surface area contributed by atoms with Gasteiger partial charge >= 0.3 is 5.97 Å². The first-order valence-electron chi connectivity index (χ1n) is 13.9. The van der Waals surface area contributed by atoms with Crippen LogP contribution in [-0.2, 0) is 25.5 Å². The van der Waals surface area contributed by atoms with Gasteiger partial charge in [-0.15, -0.1) is 0 Å². The molecule has 7 nitrogen and oxygen atoms in total. The summed E-state index contributed by atoms with van der Waals surface area (Å²) >= 11 is 12.4. The molecule has 10 heteroatoms.